The van der Waals surface area contributed by atoms with Gasteiger partial charge in [0.1, 0.15) is 0 Å². The van der Waals surface area contributed by atoms with Crippen LogP contribution in [0.2, 0.25) is 0 Å². The van der Waals surface area contributed by atoms with Gasteiger partial charge in [-0.2, -0.15) is 0 Å². The highest BCUT2D eigenvalue weighted by Gasteiger charge is 2.15. The molecule has 2 heteroatoms. The van der Waals surface area contributed by atoms with Crippen molar-refractivity contribution in [2.45, 2.75) is 25.9 Å². The fraction of sp³-hybridized carbons (Fsp3) is 0.778. The average molecular weight is 155 g/mol. The third-order valence-corrected chi connectivity index (χ3v) is 2.05. The summed E-state index contributed by atoms with van der Waals surface area (Å²) in [6, 6.07) is 0. The molecule has 1 fully saturated rings. The molecule has 0 saturated carbocycles. The van der Waals surface area contributed by atoms with E-state index in [1.165, 1.54) is 5.57 Å². The van der Waals surface area contributed by atoms with Gasteiger partial charge < -0.3 is 5.11 Å². The van der Waals surface area contributed by atoms with Crippen molar-refractivity contribution in [2.24, 2.45) is 0 Å². The van der Waals surface area contributed by atoms with Gasteiger partial charge in [-0.05, 0) is 19.8 Å². The molecule has 1 rings (SSSR count). The van der Waals surface area contributed by atoms with E-state index in [4.69, 9.17) is 0 Å². The van der Waals surface area contributed by atoms with E-state index in [9.17, 15) is 5.11 Å². The Labute approximate surface area is 68.5 Å². The maximum absolute atomic E-state index is 9.21. The minimum atomic E-state index is -0.0589. The normalized spacial score (nSPS) is 22.0. The molecule has 1 aliphatic heterocycles. The van der Waals surface area contributed by atoms with Crippen LogP contribution in [0.3, 0.4) is 0 Å². The second-order valence-corrected chi connectivity index (χ2v) is 3.46. The topological polar surface area (TPSA) is 23.5 Å². The summed E-state index contributed by atoms with van der Waals surface area (Å²) in [5.41, 5.74) is 1.21. The summed E-state index contributed by atoms with van der Waals surface area (Å²) in [5, 5.41) is 9.21. The number of hydrogen-bond acceptors (Lipinski definition) is 2. The van der Waals surface area contributed by atoms with Crippen LogP contribution in [-0.2, 0) is 0 Å². The molecule has 0 aliphatic carbocycles. The van der Waals surface area contributed by atoms with Crippen LogP contribution in [0.1, 0.15) is 19.8 Å². The summed E-state index contributed by atoms with van der Waals surface area (Å²) < 4.78 is 0. The monoisotopic (exact) mass is 155 g/mol. The number of piperidine rings is 1. The molecule has 0 aromatic heterocycles. The van der Waals surface area contributed by atoms with Gasteiger partial charge in [0.15, 0.2) is 0 Å². The van der Waals surface area contributed by atoms with Crippen molar-refractivity contribution in [1.82, 2.24) is 4.90 Å². The smallest absolute Gasteiger partial charge is 0.0564 e. The Kier molecular flexibility index (Phi) is 3.09. The molecule has 1 N–H and O–H groups in total. The summed E-state index contributed by atoms with van der Waals surface area (Å²) >= 11 is 0. The van der Waals surface area contributed by atoms with E-state index in [0.29, 0.717) is 0 Å². The van der Waals surface area contributed by atoms with Crippen molar-refractivity contribution < 1.29 is 5.11 Å². The van der Waals surface area contributed by atoms with Crippen molar-refractivity contribution in [3.8, 4) is 0 Å². The molecule has 0 aromatic rings. The van der Waals surface area contributed by atoms with Gasteiger partial charge >= 0.3 is 0 Å². The largest absolute Gasteiger partial charge is 0.393 e. The van der Waals surface area contributed by atoms with Crippen LogP contribution in [0.5, 0.6) is 0 Å². The first-order valence-electron chi connectivity index (χ1n) is 4.23. The Morgan fingerprint density at radius 3 is 2.55 bits per heavy atom. The highest BCUT2D eigenvalue weighted by Crippen LogP contribution is 2.10. The SMILES string of the molecule is C=C(C)CN1CCC(O)CC1. The van der Waals surface area contributed by atoms with E-state index in [2.05, 4.69) is 11.5 Å². The van der Waals surface area contributed by atoms with Gasteiger partial charge in [0.25, 0.3) is 0 Å². The van der Waals surface area contributed by atoms with Crippen LogP contribution >= 0.6 is 0 Å². The highest BCUT2D eigenvalue weighted by atomic mass is 16.3. The fourth-order valence-corrected chi connectivity index (χ4v) is 1.46. The van der Waals surface area contributed by atoms with Crippen LogP contribution in [-0.4, -0.2) is 35.7 Å². The first-order chi connectivity index (χ1) is 5.18. The lowest BCUT2D eigenvalue weighted by molar-refractivity contribution is 0.0869. The lowest BCUT2D eigenvalue weighted by Crippen LogP contribution is -2.36. The number of aliphatic hydroxyl groups excluding tert-OH is 1. The van der Waals surface area contributed by atoms with Gasteiger partial charge in [-0.25, -0.2) is 0 Å². The molecule has 0 radical (unpaired) electrons. The molecule has 1 saturated heterocycles. The predicted molar refractivity (Wildman–Crippen MR) is 46.5 cm³/mol. The van der Waals surface area contributed by atoms with Gasteiger partial charge in [-0.3, -0.25) is 4.90 Å². The quantitative estimate of drug-likeness (QED) is 0.602. The molecule has 0 atom stereocenters. The maximum Gasteiger partial charge on any atom is 0.0564 e. The minimum absolute atomic E-state index is 0.0589. The Hall–Kier alpha value is -0.340. The summed E-state index contributed by atoms with van der Waals surface area (Å²) in [4.78, 5) is 2.34. The first kappa shape index (κ1) is 8.75. The molecule has 64 valence electrons. The van der Waals surface area contributed by atoms with Crippen LogP contribution < -0.4 is 0 Å². The molecule has 2 nitrogen and oxygen atoms in total. The molecule has 1 aliphatic rings. The number of rotatable bonds is 2. The average Bonchev–Trinajstić information content (AvgIpc) is 1.93. The second kappa shape index (κ2) is 3.88. The molecule has 0 amide bonds. The number of aliphatic hydroxyl groups is 1. The minimum Gasteiger partial charge on any atom is -0.393 e. The lowest BCUT2D eigenvalue weighted by Gasteiger charge is -2.29. The Morgan fingerprint density at radius 2 is 2.09 bits per heavy atom. The second-order valence-electron chi connectivity index (χ2n) is 3.46. The molecular weight excluding hydrogens is 138 g/mol. The Balaban J connectivity index is 2.22. The van der Waals surface area contributed by atoms with Crippen LogP contribution in [0.25, 0.3) is 0 Å². The molecule has 0 unspecified atom stereocenters. The van der Waals surface area contributed by atoms with Crippen molar-refractivity contribution in [2.75, 3.05) is 19.6 Å². The fourth-order valence-electron chi connectivity index (χ4n) is 1.46. The van der Waals surface area contributed by atoms with Crippen LogP contribution in [0.4, 0.5) is 0 Å². The van der Waals surface area contributed by atoms with Crippen molar-refractivity contribution in [3.63, 3.8) is 0 Å². The van der Waals surface area contributed by atoms with E-state index in [0.717, 1.165) is 32.5 Å². The van der Waals surface area contributed by atoms with E-state index in [1.54, 1.807) is 0 Å². The first-order valence-corrected chi connectivity index (χ1v) is 4.23. The van der Waals surface area contributed by atoms with Gasteiger partial charge in [0.05, 0.1) is 6.10 Å². The molecule has 1 heterocycles. The van der Waals surface area contributed by atoms with E-state index >= 15 is 0 Å². The van der Waals surface area contributed by atoms with Crippen molar-refractivity contribution >= 4 is 0 Å². The molecule has 0 spiro atoms. The van der Waals surface area contributed by atoms with Crippen LogP contribution in [0.15, 0.2) is 12.2 Å². The van der Waals surface area contributed by atoms with Crippen LogP contribution in [0, 0.1) is 0 Å². The zero-order valence-corrected chi connectivity index (χ0v) is 7.21. The zero-order valence-electron chi connectivity index (χ0n) is 7.21. The number of likely N-dealkylation sites (tertiary alicyclic amines) is 1. The standard InChI is InChI=1S/C9H17NO/c1-8(2)7-10-5-3-9(11)4-6-10/h9,11H,1,3-7H2,2H3. The zero-order chi connectivity index (χ0) is 8.27. The summed E-state index contributed by atoms with van der Waals surface area (Å²) in [5.74, 6) is 0. The number of hydrogen-bond donors (Lipinski definition) is 1. The van der Waals surface area contributed by atoms with Crippen molar-refractivity contribution in [1.29, 1.82) is 0 Å². The predicted octanol–water partition coefficient (Wildman–Crippen LogP) is 1.02. The van der Waals surface area contributed by atoms with E-state index in [-0.39, 0.29) is 6.10 Å². The highest BCUT2D eigenvalue weighted by molar-refractivity contribution is 4.92. The molecular formula is C9H17NO. The lowest BCUT2D eigenvalue weighted by atomic mass is 10.1. The van der Waals surface area contributed by atoms with E-state index in [1.807, 2.05) is 6.92 Å². The molecule has 11 heavy (non-hydrogen) atoms. The maximum atomic E-state index is 9.21. The third-order valence-electron chi connectivity index (χ3n) is 2.05. The molecule has 0 aromatic carbocycles. The summed E-state index contributed by atoms with van der Waals surface area (Å²) in [6.45, 7) is 8.95. The van der Waals surface area contributed by atoms with Gasteiger partial charge in [-0.1, -0.05) is 12.2 Å². The third kappa shape index (κ3) is 3.04. The van der Waals surface area contributed by atoms with Gasteiger partial charge in [-0.15, -0.1) is 0 Å². The van der Waals surface area contributed by atoms with Gasteiger partial charge in [0, 0.05) is 19.6 Å². The molecule has 0 bridgehead atoms. The Morgan fingerprint density at radius 1 is 1.55 bits per heavy atom. The summed E-state index contributed by atoms with van der Waals surface area (Å²) in [6.07, 6.45) is 1.79. The van der Waals surface area contributed by atoms with Crippen molar-refractivity contribution in [3.05, 3.63) is 12.2 Å². The number of nitrogens with zero attached hydrogens (tertiary/aromatic N) is 1. The Bertz CT molecular complexity index is 136. The van der Waals surface area contributed by atoms with E-state index < -0.39 is 0 Å². The van der Waals surface area contributed by atoms with Gasteiger partial charge in [0.2, 0.25) is 0 Å². The summed E-state index contributed by atoms with van der Waals surface area (Å²) in [7, 11) is 0.